The first kappa shape index (κ1) is 9.43. The molecule has 0 spiro atoms. The molecule has 2 N–H and O–H groups in total. The molecule has 0 aliphatic carbocycles. The van der Waals surface area contributed by atoms with Gasteiger partial charge in [0.25, 0.3) is 0 Å². The number of carbonyl (C=O) groups excluding carboxylic acids is 1. The van der Waals surface area contributed by atoms with Crippen molar-refractivity contribution < 1.29 is 9.90 Å². The zero-order chi connectivity index (χ0) is 8.15. The van der Waals surface area contributed by atoms with Gasteiger partial charge in [0.1, 0.15) is 6.23 Å². The van der Waals surface area contributed by atoms with E-state index in [9.17, 15) is 4.79 Å². The van der Waals surface area contributed by atoms with Crippen LogP contribution in [-0.2, 0) is 4.79 Å². The second-order valence-corrected chi connectivity index (χ2v) is 2.53. The van der Waals surface area contributed by atoms with Crippen molar-refractivity contribution in [3.63, 3.8) is 0 Å². The summed E-state index contributed by atoms with van der Waals surface area (Å²) < 4.78 is 0. The van der Waals surface area contributed by atoms with Crippen molar-refractivity contribution in [1.29, 1.82) is 0 Å². The molecule has 3 nitrogen and oxygen atoms in total. The van der Waals surface area contributed by atoms with Crippen LogP contribution in [0.1, 0.15) is 27.2 Å². The fraction of sp³-hybridized carbons (Fsp3) is 0.857. The molecule has 0 rings (SSSR count). The summed E-state index contributed by atoms with van der Waals surface area (Å²) >= 11 is 0. The van der Waals surface area contributed by atoms with Crippen LogP contribution in [0.15, 0.2) is 0 Å². The number of amides is 1. The van der Waals surface area contributed by atoms with Gasteiger partial charge in [0.2, 0.25) is 5.91 Å². The van der Waals surface area contributed by atoms with Crippen molar-refractivity contribution in [3.8, 4) is 0 Å². The van der Waals surface area contributed by atoms with E-state index >= 15 is 0 Å². The molecule has 0 aromatic heterocycles. The van der Waals surface area contributed by atoms with Crippen LogP contribution in [0.25, 0.3) is 0 Å². The van der Waals surface area contributed by atoms with Gasteiger partial charge in [0, 0.05) is 12.8 Å². The van der Waals surface area contributed by atoms with E-state index in [4.69, 9.17) is 5.11 Å². The summed E-state index contributed by atoms with van der Waals surface area (Å²) in [6.45, 7) is 5.25. The summed E-state index contributed by atoms with van der Waals surface area (Å²) in [4.78, 5) is 10.4. The van der Waals surface area contributed by atoms with E-state index in [0.717, 1.165) is 6.42 Å². The van der Waals surface area contributed by atoms with Crippen LogP contribution in [0.5, 0.6) is 0 Å². The average Bonchev–Trinajstić information content (AvgIpc) is 1.85. The van der Waals surface area contributed by atoms with Gasteiger partial charge in [0.05, 0.1) is 0 Å². The minimum absolute atomic E-state index is 0.129. The lowest BCUT2D eigenvalue weighted by molar-refractivity contribution is -0.122. The number of carbonyl (C=O) groups is 1. The van der Waals surface area contributed by atoms with E-state index in [-0.39, 0.29) is 11.8 Å². The van der Waals surface area contributed by atoms with Gasteiger partial charge in [0.15, 0.2) is 0 Å². The van der Waals surface area contributed by atoms with Crippen LogP contribution in [0.2, 0.25) is 0 Å². The zero-order valence-corrected chi connectivity index (χ0v) is 6.72. The Hall–Kier alpha value is -0.570. The molecule has 60 valence electrons. The van der Waals surface area contributed by atoms with Crippen LogP contribution in [0.3, 0.4) is 0 Å². The van der Waals surface area contributed by atoms with Gasteiger partial charge in [-0.05, 0) is 6.42 Å². The standard InChI is InChI=1S/C7H15NO2/c1-4-5(2)7(10)8-6(3)9/h5,7,10H,4H2,1-3H3,(H,8,9)/t5-,7?/m0/s1. The third-order valence-electron chi connectivity index (χ3n) is 1.53. The molecule has 0 aliphatic heterocycles. The van der Waals surface area contributed by atoms with E-state index in [2.05, 4.69) is 5.32 Å². The van der Waals surface area contributed by atoms with Crippen LogP contribution in [0, 0.1) is 5.92 Å². The van der Waals surface area contributed by atoms with Gasteiger partial charge in [-0.1, -0.05) is 13.8 Å². The van der Waals surface area contributed by atoms with Crippen molar-refractivity contribution in [2.24, 2.45) is 5.92 Å². The quantitative estimate of drug-likeness (QED) is 0.568. The number of aliphatic hydroxyl groups excluding tert-OH is 1. The van der Waals surface area contributed by atoms with Gasteiger partial charge in [-0.3, -0.25) is 4.79 Å². The fourth-order valence-electron chi connectivity index (χ4n) is 0.574. The zero-order valence-electron chi connectivity index (χ0n) is 6.72. The molecule has 0 radical (unpaired) electrons. The molecular formula is C7H15NO2. The topological polar surface area (TPSA) is 49.3 Å². The molecule has 0 aromatic rings. The Morgan fingerprint density at radius 2 is 2.20 bits per heavy atom. The molecule has 0 saturated heterocycles. The number of hydrogen-bond donors (Lipinski definition) is 2. The third kappa shape index (κ3) is 3.45. The summed E-state index contributed by atoms with van der Waals surface area (Å²) in [6.07, 6.45) is 0.170. The second kappa shape index (κ2) is 4.28. The number of hydrogen-bond acceptors (Lipinski definition) is 2. The molecule has 0 aromatic carbocycles. The van der Waals surface area contributed by atoms with Gasteiger partial charge < -0.3 is 10.4 Å². The van der Waals surface area contributed by atoms with Gasteiger partial charge in [-0.25, -0.2) is 0 Å². The number of nitrogens with one attached hydrogen (secondary N) is 1. The molecule has 0 heterocycles. The van der Waals surface area contributed by atoms with Crippen LogP contribution in [-0.4, -0.2) is 17.2 Å². The van der Waals surface area contributed by atoms with Crippen LogP contribution < -0.4 is 5.32 Å². The third-order valence-corrected chi connectivity index (χ3v) is 1.53. The van der Waals surface area contributed by atoms with Crippen molar-refractivity contribution in [2.75, 3.05) is 0 Å². The van der Waals surface area contributed by atoms with Crippen LogP contribution in [0.4, 0.5) is 0 Å². The second-order valence-electron chi connectivity index (χ2n) is 2.53. The first-order valence-corrected chi connectivity index (χ1v) is 3.53. The summed E-state index contributed by atoms with van der Waals surface area (Å²) in [5.41, 5.74) is 0. The average molecular weight is 145 g/mol. The Balaban J connectivity index is 3.61. The first-order valence-electron chi connectivity index (χ1n) is 3.53. The van der Waals surface area contributed by atoms with Crippen LogP contribution >= 0.6 is 0 Å². The number of rotatable bonds is 3. The summed E-state index contributed by atoms with van der Waals surface area (Å²) in [5.74, 6) is -0.0586. The lowest BCUT2D eigenvalue weighted by Gasteiger charge is -2.16. The summed E-state index contributed by atoms with van der Waals surface area (Å²) in [6, 6.07) is 0. The predicted octanol–water partition coefficient (Wildman–Crippen LogP) is 0.487. The molecule has 0 aliphatic rings. The smallest absolute Gasteiger partial charge is 0.218 e. The maximum atomic E-state index is 10.4. The van der Waals surface area contributed by atoms with Crippen molar-refractivity contribution in [1.82, 2.24) is 5.32 Å². The molecule has 3 heteroatoms. The maximum Gasteiger partial charge on any atom is 0.218 e. The Morgan fingerprint density at radius 1 is 1.70 bits per heavy atom. The van der Waals surface area contributed by atoms with Crippen molar-refractivity contribution in [2.45, 2.75) is 33.4 Å². The van der Waals surface area contributed by atoms with E-state index in [0.29, 0.717) is 0 Å². The molecule has 2 atom stereocenters. The molecule has 1 amide bonds. The fourth-order valence-corrected chi connectivity index (χ4v) is 0.574. The van der Waals surface area contributed by atoms with Gasteiger partial charge in [-0.2, -0.15) is 0 Å². The Bertz CT molecular complexity index is 114. The lowest BCUT2D eigenvalue weighted by atomic mass is 10.1. The molecule has 0 fully saturated rings. The number of aliphatic hydroxyl groups is 1. The Labute approximate surface area is 61.4 Å². The normalized spacial score (nSPS) is 16.0. The van der Waals surface area contributed by atoms with E-state index in [1.807, 2.05) is 13.8 Å². The Kier molecular flexibility index (Phi) is 4.03. The van der Waals surface area contributed by atoms with Gasteiger partial charge in [-0.15, -0.1) is 0 Å². The van der Waals surface area contributed by atoms with Gasteiger partial charge >= 0.3 is 0 Å². The molecule has 0 bridgehead atoms. The highest BCUT2D eigenvalue weighted by Gasteiger charge is 2.11. The van der Waals surface area contributed by atoms with Crippen molar-refractivity contribution >= 4 is 5.91 Å². The first-order chi connectivity index (χ1) is 4.57. The lowest BCUT2D eigenvalue weighted by Crippen LogP contribution is -2.37. The highest BCUT2D eigenvalue weighted by molar-refractivity contribution is 5.72. The van der Waals surface area contributed by atoms with E-state index in [1.54, 1.807) is 0 Å². The van der Waals surface area contributed by atoms with E-state index < -0.39 is 6.23 Å². The maximum absolute atomic E-state index is 10.4. The highest BCUT2D eigenvalue weighted by Crippen LogP contribution is 2.03. The predicted molar refractivity (Wildman–Crippen MR) is 39.3 cm³/mol. The SMILES string of the molecule is CC[C@H](C)C(O)NC(C)=O. The monoisotopic (exact) mass is 145 g/mol. The highest BCUT2D eigenvalue weighted by atomic mass is 16.3. The molecule has 10 heavy (non-hydrogen) atoms. The summed E-state index contributed by atoms with van der Waals surface area (Å²) in [5, 5.41) is 11.6. The minimum Gasteiger partial charge on any atom is -0.373 e. The van der Waals surface area contributed by atoms with E-state index in [1.165, 1.54) is 6.92 Å². The van der Waals surface area contributed by atoms with Crippen molar-refractivity contribution in [3.05, 3.63) is 0 Å². The molecular weight excluding hydrogens is 130 g/mol. The largest absolute Gasteiger partial charge is 0.373 e. The minimum atomic E-state index is -0.692. The molecule has 1 unspecified atom stereocenters. The summed E-state index contributed by atoms with van der Waals surface area (Å²) in [7, 11) is 0. The molecule has 0 saturated carbocycles. The Morgan fingerprint density at radius 3 is 2.50 bits per heavy atom.